The third kappa shape index (κ3) is 2.95. The number of hydrogen-bond donors (Lipinski definition) is 1. The number of furan rings is 1. The molecule has 2 N–H and O–H groups in total. The predicted octanol–water partition coefficient (Wildman–Crippen LogP) is 1.18. The zero-order valence-corrected chi connectivity index (χ0v) is 13.9. The van der Waals surface area contributed by atoms with Gasteiger partial charge in [0.2, 0.25) is 5.09 Å². The van der Waals surface area contributed by atoms with E-state index in [0.29, 0.717) is 0 Å². The number of ether oxygens (including phenoxy) is 1. The van der Waals surface area contributed by atoms with E-state index in [4.69, 9.17) is 10.2 Å². The second kappa shape index (κ2) is 6.39. The predicted molar refractivity (Wildman–Crippen MR) is 86.0 cm³/mol. The van der Waals surface area contributed by atoms with Crippen molar-refractivity contribution in [1.29, 1.82) is 0 Å². The molecule has 2 heterocycles. The molecule has 0 saturated carbocycles. The maximum atomic E-state index is 12.7. The largest absolute Gasteiger partial charge is 0.465 e. The van der Waals surface area contributed by atoms with Gasteiger partial charge in [0.1, 0.15) is 6.26 Å². The zero-order chi connectivity index (χ0) is 17.3. The number of esters is 1. The van der Waals surface area contributed by atoms with E-state index in [0.717, 1.165) is 11.8 Å². The molecule has 2 atom stereocenters. The highest BCUT2D eigenvalue weighted by molar-refractivity contribution is 7.89. The number of methoxy groups -OCH3 is 1. The van der Waals surface area contributed by atoms with Gasteiger partial charge in [-0.25, -0.2) is 13.2 Å². The van der Waals surface area contributed by atoms with Gasteiger partial charge in [0, 0.05) is 31.1 Å². The fourth-order valence-electron chi connectivity index (χ4n) is 2.84. The van der Waals surface area contributed by atoms with E-state index < -0.39 is 16.0 Å². The summed E-state index contributed by atoms with van der Waals surface area (Å²) in [6.07, 6.45) is 1.07. The quantitative estimate of drug-likeness (QED) is 0.831. The first-order valence-corrected chi connectivity index (χ1v) is 8.85. The molecular formula is C16H18N2O5S. The average Bonchev–Trinajstić information content (AvgIpc) is 3.22. The van der Waals surface area contributed by atoms with Crippen LogP contribution in [0.5, 0.6) is 0 Å². The van der Waals surface area contributed by atoms with Gasteiger partial charge in [-0.15, -0.1) is 0 Å². The van der Waals surface area contributed by atoms with Gasteiger partial charge in [-0.05, 0) is 5.56 Å². The van der Waals surface area contributed by atoms with E-state index in [1.54, 1.807) is 0 Å². The lowest BCUT2D eigenvalue weighted by Gasteiger charge is -2.15. The molecule has 0 unspecified atom stereocenters. The first-order chi connectivity index (χ1) is 11.4. The van der Waals surface area contributed by atoms with E-state index in [1.807, 2.05) is 30.3 Å². The van der Waals surface area contributed by atoms with Crippen molar-refractivity contribution in [3.05, 3.63) is 53.8 Å². The molecule has 1 fully saturated rings. The summed E-state index contributed by atoms with van der Waals surface area (Å²) in [5, 5.41) is -0.288. The SMILES string of the molecule is COC(=O)c1coc(S(=O)(=O)N2C[C@@H](N)[C@H](c3ccccc3)C2)c1. The Bertz CT molecular complexity index is 831. The minimum absolute atomic E-state index is 0.0548. The topological polar surface area (TPSA) is 103 Å². The minimum atomic E-state index is -3.85. The standard InChI is InChI=1S/C16H18N2O5S/c1-22-16(19)12-7-15(23-10-12)24(20,21)18-8-13(14(17)9-18)11-5-3-2-4-6-11/h2-7,10,13-14H,8-9,17H2,1H3/t13-,14+/m0/s1. The van der Waals surface area contributed by atoms with E-state index in [2.05, 4.69) is 4.74 Å². The highest BCUT2D eigenvalue weighted by Crippen LogP contribution is 2.31. The smallest absolute Gasteiger partial charge is 0.341 e. The molecule has 0 aliphatic carbocycles. The molecule has 0 spiro atoms. The number of benzene rings is 1. The highest BCUT2D eigenvalue weighted by atomic mass is 32.2. The summed E-state index contributed by atoms with van der Waals surface area (Å²) in [6, 6.07) is 10.4. The molecule has 128 valence electrons. The highest BCUT2D eigenvalue weighted by Gasteiger charge is 2.39. The van der Waals surface area contributed by atoms with Crippen molar-refractivity contribution in [3.8, 4) is 0 Å². The third-order valence-corrected chi connectivity index (χ3v) is 5.85. The van der Waals surface area contributed by atoms with Crippen LogP contribution < -0.4 is 5.73 Å². The van der Waals surface area contributed by atoms with Crippen molar-refractivity contribution >= 4 is 16.0 Å². The normalized spacial score (nSPS) is 21.8. The molecule has 24 heavy (non-hydrogen) atoms. The van der Waals surface area contributed by atoms with Crippen LogP contribution in [0.1, 0.15) is 21.8 Å². The Morgan fingerprint density at radius 2 is 2.00 bits per heavy atom. The van der Waals surface area contributed by atoms with Crippen LogP contribution in [0.15, 0.2) is 52.2 Å². The Labute approximate surface area is 140 Å². The Hall–Kier alpha value is -2.16. The van der Waals surface area contributed by atoms with Crippen LogP contribution >= 0.6 is 0 Å². The molecule has 2 aromatic rings. The second-order valence-electron chi connectivity index (χ2n) is 5.65. The van der Waals surface area contributed by atoms with E-state index in [-0.39, 0.29) is 35.7 Å². The van der Waals surface area contributed by atoms with Gasteiger partial charge in [-0.1, -0.05) is 30.3 Å². The fourth-order valence-corrected chi connectivity index (χ4v) is 4.27. The number of sulfonamides is 1. The first-order valence-electron chi connectivity index (χ1n) is 7.41. The Morgan fingerprint density at radius 1 is 1.29 bits per heavy atom. The molecule has 8 heteroatoms. The van der Waals surface area contributed by atoms with Crippen LogP contribution in [0.4, 0.5) is 0 Å². The van der Waals surface area contributed by atoms with Gasteiger partial charge in [-0.2, -0.15) is 4.31 Å². The lowest BCUT2D eigenvalue weighted by Crippen LogP contribution is -2.32. The van der Waals surface area contributed by atoms with Gasteiger partial charge >= 0.3 is 5.97 Å². The molecule has 0 bridgehead atoms. The van der Waals surface area contributed by atoms with Crippen molar-refractivity contribution in [2.45, 2.75) is 17.1 Å². The molecule has 0 radical (unpaired) electrons. The number of rotatable bonds is 4. The molecule has 1 aliphatic rings. The van der Waals surface area contributed by atoms with Crippen LogP contribution in [0.2, 0.25) is 0 Å². The molecule has 7 nitrogen and oxygen atoms in total. The molecular weight excluding hydrogens is 332 g/mol. The molecule has 1 aromatic carbocycles. The summed E-state index contributed by atoms with van der Waals surface area (Å²) in [5.74, 6) is -0.739. The third-order valence-electron chi connectivity index (χ3n) is 4.15. The first kappa shape index (κ1) is 16.7. The molecule has 3 rings (SSSR count). The van der Waals surface area contributed by atoms with Crippen LogP contribution in [-0.4, -0.2) is 44.9 Å². The number of carbonyl (C=O) groups is 1. The summed E-state index contributed by atoms with van der Waals surface area (Å²) in [4.78, 5) is 11.5. The number of hydrogen-bond acceptors (Lipinski definition) is 6. The number of nitrogens with two attached hydrogens (primary N) is 1. The summed E-state index contributed by atoms with van der Waals surface area (Å²) >= 11 is 0. The van der Waals surface area contributed by atoms with Crippen LogP contribution in [-0.2, 0) is 14.8 Å². The Balaban J connectivity index is 1.83. The molecule has 0 amide bonds. The minimum Gasteiger partial charge on any atom is -0.465 e. The Kier molecular flexibility index (Phi) is 4.44. The van der Waals surface area contributed by atoms with E-state index in [1.165, 1.54) is 17.5 Å². The van der Waals surface area contributed by atoms with Crippen molar-refractivity contribution in [3.63, 3.8) is 0 Å². The second-order valence-corrected chi connectivity index (χ2v) is 7.52. The summed E-state index contributed by atoms with van der Waals surface area (Å²) in [5.41, 5.74) is 7.19. The van der Waals surface area contributed by atoms with Gasteiger partial charge in [-0.3, -0.25) is 0 Å². The van der Waals surface area contributed by atoms with Gasteiger partial charge in [0.25, 0.3) is 10.0 Å². The molecule has 1 aromatic heterocycles. The summed E-state index contributed by atoms with van der Waals surface area (Å²) < 4.78 is 36.3. The van der Waals surface area contributed by atoms with Crippen LogP contribution in [0.25, 0.3) is 0 Å². The van der Waals surface area contributed by atoms with Crippen molar-refractivity contribution < 1.29 is 22.4 Å². The van der Waals surface area contributed by atoms with Gasteiger partial charge in [0.15, 0.2) is 0 Å². The van der Waals surface area contributed by atoms with E-state index in [9.17, 15) is 13.2 Å². The van der Waals surface area contributed by atoms with Crippen molar-refractivity contribution in [2.24, 2.45) is 5.73 Å². The number of nitrogens with zero attached hydrogens (tertiary/aromatic N) is 1. The van der Waals surface area contributed by atoms with Crippen molar-refractivity contribution in [2.75, 3.05) is 20.2 Å². The zero-order valence-electron chi connectivity index (χ0n) is 13.1. The molecule has 1 aliphatic heterocycles. The van der Waals surface area contributed by atoms with Gasteiger partial charge < -0.3 is 14.9 Å². The van der Waals surface area contributed by atoms with Gasteiger partial charge in [0.05, 0.1) is 12.7 Å². The maximum Gasteiger partial charge on any atom is 0.341 e. The maximum absolute atomic E-state index is 12.7. The Morgan fingerprint density at radius 3 is 2.67 bits per heavy atom. The monoisotopic (exact) mass is 350 g/mol. The number of carbonyl (C=O) groups excluding carboxylic acids is 1. The van der Waals surface area contributed by atoms with Crippen LogP contribution in [0, 0.1) is 0 Å². The lowest BCUT2D eigenvalue weighted by molar-refractivity contribution is 0.0600. The molecule has 1 saturated heterocycles. The summed E-state index contributed by atoms with van der Waals surface area (Å²) in [7, 11) is -2.64. The van der Waals surface area contributed by atoms with Crippen LogP contribution in [0.3, 0.4) is 0 Å². The lowest BCUT2D eigenvalue weighted by atomic mass is 9.95. The summed E-state index contributed by atoms with van der Waals surface area (Å²) in [6.45, 7) is 0.456. The fraction of sp³-hybridized carbons (Fsp3) is 0.312. The van der Waals surface area contributed by atoms with Crippen molar-refractivity contribution in [1.82, 2.24) is 4.31 Å². The average molecular weight is 350 g/mol. The van der Waals surface area contributed by atoms with E-state index >= 15 is 0 Å².